The molecule has 0 N–H and O–H groups in total. The van der Waals surface area contributed by atoms with Crippen molar-refractivity contribution in [1.29, 1.82) is 0 Å². The Balaban J connectivity index is 1.32. The zero-order valence-corrected chi connectivity index (χ0v) is 17.1. The first-order chi connectivity index (χ1) is 14.7. The maximum atomic E-state index is 12.8. The van der Waals surface area contributed by atoms with Gasteiger partial charge in [-0.15, -0.1) is 0 Å². The molecule has 1 amide bonds. The van der Waals surface area contributed by atoms with E-state index in [0.29, 0.717) is 19.7 Å². The second kappa shape index (κ2) is 9.50. The minimum atomic E-state index is -0.458. The predicted molar refractivity (Wildman–Crippen MR) is 117 cm³/mol. The van der Waals surface area contributed by atoms with E-state index in [9.17, 15) is 4.79 Å². The molecule has 1 aliphatic rings. The van der Waals surface area contributed by atoms with E-state index in [1.807, 2.05) is 78.6 Å². The van der Waals surface area contributed by atoms with Crippen LogP contribution in [0, 0.1) is 0 Å². The number of hydrogen-bond donors (Lipinski definition) is 0. The standard InChI is InChI=1S/C24H26N4O2/c1-19(30-18-20-8-4-2-5-9-20)24(29)28-16-14-27(15-17-28)22-12-13-25-23(26-22)21-10-6-3-7-11-21/h2-13,19H,14-18H2,1H3. The number of nitrogens with zero attached hydrogens (tertiary/aromatic N) is 4. The van der Waals surface area contributed by atoms with Gasteiger partial charge >= 0.3 is 0 Å². The zero-order chi connectivity index (χ0) is 20.8. The number of benzene rings is 2. The maximum absolute atomic E-state index is 12.8. The lowest BCUT2D eigenvalue weighted by atomic mass is 10.2. The molecular weight excluding hydrogens is 376 g/mol. The number of aromatic nitrogens is 2. The summed E-state index contributed by atoms with van der Waals surface area (Å²) in [6.07, 6.45) is 1.34. The zero-order valence-electron chi connectivity index (χ0n) is 17.1. The number of carbonyl (C=O) groups excluding carboxylic acids is 1. The van der Waals surface area contributed by atoms with E-state index in [1.165, 1.54) is 0 Å². The van der Waals surface area contributed by atoms with E-state index >= 15 is 0 Å². The van der Waals surface area contributed by atoms with Gasteiger partial charge in [0.15, 0.2) is 5.82 Å². The fourth-order valence-electron chi connectivity index (χ4n) is 3.53. The maximum Gasteiger partial charge on any atom is 0.251 e. The summed E-state index contributed by atoms with van der Waals surface area (Å²) in [5.74, 6) is 1.65. The molecule has 0 bridgehead atoms. The number of rotatable bonds is 6. The van der Waals surface area contributed by atoms with Gasteiger partial charge in [-0.2, -0.15) is 0 Å². The Kier molecular flexibility index (Phi) is 6.35. The van der Waals surface area contributed by atoms with Crippen LogP contribution in [-0.4, -0.2) is 53.1 Å². The van der Waals surface area contributed by atoms with Crippen LogP contribution in [0.15, 0.2) is 72.9 Å². The van der Waals surface area contributed by atoms with Crippen LogP contribution in [0.4, 0.5) is 5.82 Å². The largest absolute Gasteiger partial charge is 0.364 e. The van der Waals surface area contributed by atoms with Crippen LogP contribution >= 0.6 is 0 Å². The summed E-state index contributed by atoms with van der Waals surface area (Å²) in [4.78, 5) is 26.0. The Morgan fingerprint density at radius 2 is 1.63 bits per heavy atom. The van der Waals surface area contributed by atoms with Crippen molar-refractivity contribution in [1.82, 2.24) is 14.9 Å². The Labute approximate surface area is 177 Å². The van der Waals surface area contributed by atoms with Crippen molar-refractivity contribution in [3.8, 4) is 11.4 Å². The number of carbonyl (C=O) groups is 1. The highest BCUT2D eigenvalue weighted by Crippen LogP contribution is 2.19. The molecule has 2 aromatic carbocycles. The van der Waals surface area contributed by atoms with Crippen LogP contribution in [0.5, 0.6) is 0 Å². The molecule has 1 fully saturated rings. The third-order valence-electron chi connectivity index (χ3n) is 5.28. The first-order valence-corrected chi connectivity index (χ1v) is 10.3. The van der Waals surface area contributed by atoms with Crippen LogP contribution in [0.25, 0.3) is 11.4 Å². The van der Waals surface area contributed by atoms with Gasteiger partial charge in [-0.25, -0.2) is 9.97 Å². The van der Waals surface area contributed by atoms with E-state index in [-0.39, 0.29) is 5.91 Å². The first-order valence-electron chi connectivity index (χ1n) is 10.3. The Morgan fingerprint density at radius 3 is 2.33 bits per heavy atom. The number of hydrogen-bond acceptors (Lipinski definition) is 5. The fraction of sp³-hybridized carbons (Fsp3) is 0.292. The van der Waals surface area contributed by atoms with Gasteiger partial charge in [0.05, 0.1) is 6.61 Å². The lowest BCUT2D eigenvalue weighted by Crippen LogP contribution is -2.51. The summed E-state index contributed by atoms with van der Waals surface area (Å²) in [6, 6.07) is 21.8. The highest BCUT2D eigenvalue weighted by Gasteiger charge is 2.26. The number of piperazine rings is 1. The fourth-order valence-corrected chi connectivity index (χ4v) is 3.53. The van der Waals surface area contributed by atoms with Crippen molar-refractivity contribution >= 4 is 11.7 Å². The van der Waals surface area contributed by atoms with E-state index in [4.69, 9.17) is 9.72 Å². The monoisotopic (exact) mass is 402 g/mol. The van der Waals surface area contributed by atoms with Gasteiger partial charge in [-0.1, -0.05) is 60.7 Å². The smallest absolute Gasteiger partial charge is 0.251 e. The molecule has 154 valence electrons. The topological polar surface area (TPSA) is 58.6 Å². The van der Waals surface area contributed by atoms with E-state index in [0.717, 1.165) is 35.9 Å². The Morgan fingerprint density at radius 1 is 0.967 bits per heavy atom. The molecule has 1 aliphatic heterocycles. The summed E-state index contributed by atoms with van der Waals surface area (Å²) in [5.41, 5.74) is 2.07. The molecule has 0 aliphatic carbocycles. The molecule has 6 nitrogen and oxygen atoms in total. The Hall–Kier alpha value is -3.25. The van der Waals surface area contributed by atoms with Crippen molar-refractivity contribution in [2.75, 3.05) is 31.1 Å². The van der Waals surface area contributed by atoms with Crippen molar-refractivity contribution < 1.29 is 9.53 Å². The average Bonchev–Trinajstić information content (AvgIpc) is 2.83. The van der Waals surface area contributed by atoms with E-state index < -0.39 is 6.10 Å². The molecule has 3 aromatic rings. The van der Waals surface area contributed by atoms with Crippen LogP contribution in [0.2, 0.25) is 0 Å². The summed E-state index contributed by atoms with van der Waals surface area (Å²) in [5, 5.41) is 0. The van der Waals surface area contributed by atoms with Crippen molar-refractivity contribution in [2.24, 2.45) is 0 Å². The van der Waals surface area contributed by atoms with Crippen LogP contribution in [0.1, 0.15) is 12.5 Å². The highest BCUT2D eigenvalue weighted by atomic mass is 16.5. The van der Waals surface area contributed by atoms with Crippen LogP contribution in [0.3, 0.4) is 0 Å². The third-order valence-corrected chi connectivity index (χ3v) is 5.28. The van der Waals surface area contributed by atoms with Gasteiger partial charge < -0.3 is 14.5 Å². The lowest BCUT2D eigenvalue weighted by molar-refractivity contribution is -0.143. The van der Waals surface area contributed by atoms with Gasteiger partial charge in [-0.05, 0) is 18.6 Å². The first kappa shape index (κ1) is 20.0. The average molecular weight is 402 g/mol. The molecule has 6 heteroatoms. The molecule has 1 aromatic heterocycles. The molecule has 1 atom stereocenters. The second-order valence-corrected chi connectivity index (χ2v) is 7.36. The second-order valence-electron chi connectivity index (χ2n) is 7.36. The number of amides is 1. The molecule has 0 saturated carbocycles. The SMILES string of the molecule is CC(OCc1ccccc1)C(=O)N1CCN(c2ccnc(-c3ccccc3)n2)CC1. The number of ether oxygens (including phenoxy) is 1. The minimum Gasteiger partial charge on any atom is -0.364 e. The highest BCUT2D eigenvalue weighted by molar-refractivity contribution is 5.80. The minimum absolute atomic E-state index is 0.0400. The van der Waals surface area contributed by atoms with Crippen LogP contribution < -0.4 is 4.90 Å². The predicted octanol–water partition coefficient (Wildman–Crippen LogP) is 3.40. The van der Waals surface area contributed by atoms with Gasteiger partial charge in [0.25, 0.3) is 5.91 Å². The molecule has 0 radical (unpaired) electrons. The van der Waals surface area contributed by atoms with Gasteiger partial charge in [0, 0.05) is 37.9 Å². The number of anilines is 1. The van der Waals surface area contributed by atoms with Crippen LogP contribution in [-0.2, 0) is 16.1 Å². The molecular formula is C24H26N4O2. The van der Waals surface area contributed by atoms with Gasteiger partial charge in [0.1, 0.15) is 11.9 Å². The molecule has 30 heavy (non-hydrogen) atoms. The molecule has 0 spiro atoms. The lowest BCUT2D eigenvalue weighted by Gasteiger charge is -2.36. The van der Waals surface area contributed by atoms with Crippen molar-refractivity contribution in [3.63, 3.8) is 0 Å². The van der Waals surface area contributed by atoms with Gasteiger partial charge in [-0.3, -0.25) is 4.79 Å². The van der Waals surface area contributed by atoms with Crippen molar-refractivity contribution in [2.45, 2.75) is 19.6 Å². The van der Waals surface area contributed by atoms with Crippen molar-refractivity contribution in [3.05, 3.63) is 78.5 Å². The summed E-state index contributed by atoms with van der Waals surface area (Å²) in [7, 11) is 0. The summed E-state index contributed by atoms with van der Waals surface area (Å²) >= 11 is 0. The third kappa shape index (κ3) is 4.83. The van der Waals surface area contributed by atoms with Gasteiger partial charge in [0.2, 0.25) is 0 Å². The quantitative estimate of drug-likeness (QED) is 0.633. The van der Waals surface area contributed by atoms with E-state index in [2.05, 4.69) is 9.88 Å². The summed E-state index contributed by atoms with van der Waals surface area (Å²) < 4.78 is 5.79. The summed E-state index contributed by atoms with van der Waals surface area (Å²) in [6.45, 7) is 5.06. The molecule has 2 heterocycles. The molecule has 1 saturated heterocycles. The molecule has 1 unspecified atom stereocenters. The molecule has 4 rings (SSSR count). The Bertz CT molecular complexity index is 957. The normalized spacial score (nSPS) is 15.1. The van der Waals surface area contributed by atoms with E-state index in [1.54, 1.807) is 6.20 Å².